The van der Waals surface area contributed by atoms with Crippen molar-refractivity contribution >= 4 is 22.8 Å². The van der Waals surface area contributed by atoms with Crippen LogP contribution in [-0.2, 0) is 11.3 Å². The third-order valence-electron chi connectivity index (χ3n) is 7.98. The number of fused-ring (bicyclic) bond motifs is 2. The molecular formula is C32H32N6O4. The second-order valence-corrected chi connectivity index (χ2v) is 10.6. The summed E-state index contributed by atoms with van der Waals surface area (Å²) in [6.07, 6.45) is 3.33. The van der Waals surface area contributed by atoms with Gasteiger partial charge in [-0.05, 0) is 60.9 Å². The molecule has 4 heterocycles. The van der Waals surface area contributed by atoms with Crippen molar-refractivity contribution in [3.8, 4) is 40.3 Å². The highest BCUT2D eigenvalue weighted by molar-refractivity contribution is 6.03. The molecule has 10 nitrogen and oxygen atoms in total. The highest BCUT2D eigenvalue weighted by Crippen LogP contribution is 2.51. The summed E-state index contributed by atoms with van der Waals surface area (Å²) in [5.41, 5.74) is 10.3. The minimum Gasteiger partial charge on any atom is -0.493 e. The smallest absolute Gasteiger partial charge is 0.245 e. The van der Waals surface area contributed by atoms with Crippen molar-refractivity contribution < 1.29 is 19.4 Å². The highest BCUT2D eigenvalue weighted by Gasteiger charge is 2.55. The molecule has 10 heteroatoms. The molecule has 1 saturated carbocycles. The van der Waals surface area contributed by atoms with Crippen molar-refractivity contribution in [3.05, 3.63) is 66.8 Å². The van der Waals surface area contributed by atoms with Crippen LogP contribution >= 0.6 is 0 Å². The minimum atomic E-state index is -0.0334. The minimum absolute atomic E-state index is 0.0231. The third kappa shape index (κ3) is 4.92. The van der Waals surface area contributed by atoms with Gasteiger partial charge in [-0.2, -0.15) is 0 Å². The Balaban J connectivity index is 1.43. The number of amides is 1. The number of carbonyl (C=O) groups is 1. The van der Waals surface area contributed by atoms with E-state index in [2.05, 4.69) is 33.4 Å². The van der Waals surface area contributed by atoms with Crippen LogP contribution in [0.4, 0.5) is 5.82 Å². The number of nitrogens with two attached hydrogens (primary N) is 1. The molecule has 2 aliphatic rings. The fraction of sp³-hybridized carbons (Fsp3) is 0.312. The normalized spacial score (nSPS) is 18.7. The van der Waals surface area contributed by atoms with Crippen molar-refractivity contribution in [1.29, 1.82) is 0 Å². The van der Waals surface area contributed by atoms with E-state index in [-0.39, 0.29) is 18.4 Å². The molecule has 0 radical (unpaired) electrons. The number of methoxy groups -OCH3 is 1. The molecule has 1 unspecified atom stereocenters. The molecule has 0 spiro atoms. The van der Waals surface area contributed by atoms with Crippen LogP contribution in [0.5, 0.6) is 17.4 Å². The molecule has 1 amide bonds. The predicted molar refractivity (Wildman–Crippen MR) is 159 cm³/mol. The number of benzene rings is 1. The number of aliphatic hydroxyl groups is 1. The lowest BCUT2D eigenvalue weighted by molar-refractivity contribution is -0.125. The van der Waals surface area contributed by atoms with Crippen molar-refractivity contribution in [3.63, 3.8) is 0 Å². The van der Waals surface area contributed by atoms with Gasteiger partial charge in [0.2, 0.25) is 11.8 Å². The van der Waals surface area contributed by atoms with Gasteiger partial charge >= 0.3 is 0 Å². The quantitative estimate of drug-likeness (QED) is 0.244. The number of anilines is 1. The van der Waals surface area contributed by atoms with Crippen LogP contribution < -0.4 is 15.2 Å². The van der Waals surface area contributed by atoms with Gasteiger partial charge < -0.3 is 29.8 Å². The predicted octanol–water partition coefficient (Wildman–Crippen LogP) is 3.81. The van der Waals surface area contributed by atoms with E-state index in [4.69, 9.17) is 15.2 Å². The van der Waals surface area contributed by atoms with Gasteiger partial charge in [-0.15, -0.1) is 0 Å². The average Bonchev–Trinajstić information content (AvgIpc) is 3.29. The number of rotatable bonds is 8. The van der Waals surface area contributed by atoms with Crippen LogP contribution in [0.1, 0.15) is 17.8 Å². The maximum atomic E-state index is 12.0. The van der Waals surface area contributed by atoms with Gasteiger partial charge in [0.25, 0.3) is 0 Å². The molecular weight excluding hydrogens is 532 g/mol. The van der Waals surface area contributed by atoms with E-state index in [1.54, 1.807) is 13.2 Å². The Labute approximate surface area is 243 Å². The first-order valence-electron chi connectivity index (χ1n) is 13.9. The maximum Gasteiger partial charge on any atom is 0.245 e. The van der Waals surface area contributed by atoms with Crippen LogP contribution in [-0.4, -0.2) is 62.2 Å². The highest BCUT2D eigenvalue weighted by atomic mass is 16.5. The van der Waals surface area contributed by atoms with E-state index in [0.717, 1.165) is 22.5 Å². The van der Waals surface area contributed by atoms with E-state index in [9.17, 15) is 9.90 Å². The Bertz CT molecular complexity index is 1740. The van der Waals surface area contributed by atoms with E-state index < -0.39 is 0 Å². The summed E-state index contributed by atoms with van der Waals surface area (Å²) < 4.78 is 13.8. The topological polar surface area (TPSA) is 129 Å². The average molecular weight is 565 g/mol. The van der Waals surface area contributed by atoms with Gasteiger partial charge in [0.15, 0.2) is 11.5 Å². The Morgan fingerprint density at radius 1 is 1.21 bits per heavy atom. The van der Waals surface area contributed by atoms with Gasteiger partial charge in [-0.25, -0.2) is 15.0 Å². The van der Waals surface area contributed by atoms with Crippen molar-refractivity contribution in [2.75, 3.05) is 32.5 Å². The van der Waals surface area contributed by atoms with Gasteiger partial charge in [0.05, 0.1) is 12.5 Å². The molecule has 4 aromatic rings. The number of nitrogen functional groups attached to an aromatic ring is 1. The number of carbonyl (C=O) groups excluding carboxylic acids is 1. The number of likely N-dealkylation sites (tertiary alicyclic amines) is 1. The standard InChI is InChI=1S/C32H32N6O4/c1-4-28(40)37-16-22-21(23(22)17-37)10-11-24-29(30-31(33)34-18-35-32(30)38(24)13-6-14-39)20-9-12-25(26(15-20)41-3)42-27-8-5-7-19(2)36-27/h4-5,7-9,12,15,18,21-23,39H,1,6,13-14,16-17H2,2-3H3,(H2,33,34,35)/t21?,22-,23+. The zero-order valence-corrected chi connectivity index (χ0v) is 23.6. The monoisotopic (exact) mass is 564 g/mol. The number of hydrogen-bond donors (Lipinski definition) is 2. The van der Waals surface area contributed by atoms with Gasteiger partial charge in [0, 0.05) is 49.5 Å². The lowest BCUT2D eigenvalue weighted by atomic mass is 10.0. The summed E-state index contributed by atoms with van der Waals surface area (Å²) in [5, 5.41) is 10.3. The Kier molecular flexibility index (Phi) is 7.27. The molecule has 1 saturated heterocycles. The summed E-state index contributed by atoms with van der Waals surface area (Å²) in [6, 6.07) is 11.2. The first kappa shape index (κ1) is 27.3. The van der Waals surface area contributed by atoms with Crippen molar-refractivity contribution in [2.45, 2.75) is 19.9 Å². The number of aromatic nitrogens is 4. The zero-order valence-electron chi connectivity index (χ0n) is 23.6. The van der Waals surface area contributed by atoms with E-state index in [1.807, 2.05) is 46.7 Å². The van der Waals surface area contributed by atoms with Gasteiger partial charge in [-0.1, -0.05) is 24.6 Å². The number of aryl methyl sites for hydroxylation is 2. The van der Waals surface area contributed by atoms with Crippen molar-refractivity contribution in [2.24, 2.45) is 17.8 Å². The molecule has 214 valence electrons. The molecule has 0 bridgehead atoms. The summed E-state index contributed by atoms with van der Waals surface area (Å²) in [5.74, 6) is 9.67. The molecule has 3 aromatic heterocycles. The Morgan fingerprint density at radius 3 is 2.74 bits per heavy atom. The fourth-order valence-electron chi connectivity index (χ4n) is 5.85. The van der Waals surface area contributed by atoms with Crippen LogP contribution in [0.3, 0.4) is 0 Å². The van der Waals surface area contributed by atoms with Crippen LogP contribution in [0.15, 0.2) is 55.4 Å². The molecule has 1 aliphatic heterocycles. The number of pyridine rings is 1. The summed E-state index contributed by atoms with van der Waals surface area (Å²) in [4.78, 5) is 27.2. The second kappa shape index (κ2) is 11.2. The fourth-order valence-corrected chi connectivity index (χ4v) is 5.85. The zero-order chi connectivity index (χ0) is 29.4. The Hall–Kier alpha value is -4.88. The summed E-state index contributed by atoms with van der Waals surface area (Å²) >= 11 is 0. The molecule has 1 aromatic carbocycles. The molecule has 3 atom stereocenters. The molecule has 6 rings (SSSR count). The molecule has 1 aliphatic carbocycles. The van der Waals surface area contributed by atoms with E-state index in [1.165, 1.54) is 12.4 Å². The maximum absolute atomic E-state index is 12.0. The summed E-state index contributed by atoms with van der Waals surface area (Å²) in [7, 11) is 1.59. The number of hydrogen-bond acceptors (Lipinski definition) is 8. The second-order valence-electron chi connectivity index (χ2n) is 10.6. The third-order valence-corrected chi connectivity index (χ3v) is 7.98. The largest absolute Gasteiger partial charge is 0.493 e. The molecule has 3 N–H and O–H groups in total. The number of piperidine rings is 1. The molecule has 42 heavy (non-hydrogen) atoms. The first-order valence-corrected chi connectivity index (χ1v) is 13.9. The first-order chi connectivity index (χ1) is 20.4. The Morgan fingerprint density at radius 2 is 2.02 bits per heavy atom. The summed E-state index contributed by atoms with van der Waals surface area (Å²) in [6.45, 7) is 7.42. The van der Waals surface area contributed by atoms with Crippen LogP contribution in [0.25, 0.3) is 22.2 Å². The SMILES string of the molecule is C=CC(=O)N1C[C@@H]2C(C#Cc3c(-c4ccc(Oc5cccc(C)n5)c(OC)c4)c4c(N)ncnc4n3CCCO)[C@@H]2C1. The van der Waals surface area contributed by atoms with Crippen LogP contribution in [0.2, 0.25) is 0 Å². The van der Waals surface area contributed by atoms with E-state index >= 15 is 0 Å². The lowest BCUT2D eigenvalue weighted by Gasteiger charge is -2.16. The molecule has 2 fully saturated rings. The number of aliphatic hydroxyl groups excluding tert-OH is 1. The van der Waals surface area contributed by atoms with Gasteiger partial charge in [-0.3, -0.25) is 4.79 Å². The lowest BCUT2D eigenvalue weighted by Crippen LogP contribution is -2.29. The van der Waals surface area contributed by atoms with Crippen molar-refractivity contribution in [1.82, 2.24) is 24.4 Å². The van der Waals surface area contributed by atoms with Crippen LogP contribution in [0, 0.1) is 36.5 Å². The number of nitrogens with zero attached hydrogens (tertiary/aromatic N) is 5. The number of ether oxygens (including phenoxy) is 2. The van der Waals surface area contributed by atoms with E-state index in [0.29, 0.717) is 72.1 Å². The van der Waals surface area contributed by atoms with Gasteiger partial charge in [0.1, 0.15) is 23.5 Å².